The van der Waals surface area contributed by atoms with Crippen LogP contribution in [0.1, 0.15) is 30.1 Å². The van der Waals surface area contributed by atoms with Crippen molar-refractivity contribution in [3.8, 4) is 0 Å². The standard InChI is InChI=1S/C15H20N4O/c1-11-10-14(19(2)18-11)17-15(20)9-8-13(16)12-6-4-3-5-7-12/h3-7,10,13H,8-9,16H2,1-2H3,(H,17,20). The predicted octanol–water partition coefficient (Wildman–Crippen LogP) is 2.15. The molecule has 2 aromatic rings. The average Bonchev–Trinajstić information content (AvgIpc) is 2.75. The zero-order valence-corrected chi connectivity index (χ0v) is 11.8. The Morgan fingerprint density at radius 3 is 2.70 bits per heavy atom. The predicted molar refractivity (Wildman–Crippen MR) is 79.2 cm³/mol. The Kier molecular flexibility index (Phi) is 4.53. The van der Waals surface area contributed by atoms with E-state index >= 15 is 0 Å². The van der Waals surface area contributed by atoms with Crippen LogP contribution in [-0.4, -0.2) is 15.7 Å². The fourth-order valence-corrected chi connectivity index (χ4v) is 2.09. The molecule has 1 heterocycles. The van der Waals surface area contributed by atoms with Crippen LogP contribution in [0.25, 0.3) is 0 Å². The first-order valence-corrected chi connectivity index (χ1v) is 6.67. The number of amides is 1. The van der Waals surface area contributed by atoms with Gasteiger partial charge in [-0.3, -0.25) is 9.48 Å². The van der Waals surface area contributed by atoms with Gasteiger partial charge in [0.25, 0.3) is 0 Å². The molecule has 1 aromatic heterocycles. The largest absolute Gasteiger partial charge is 0.324 e. The zero-order chi connectivity index (χ0) is 14.5. The van der Waals surface area contributed by atoms with Crippen molar-refractivity contribution in [3.63, 3.8) is 0 Å². The van der Waals surface area contributed by atoms with Crippen molar-refractivity contribution in [1.82, 2.24) is 9.78 Å². The van der Waals surface area contributed by atoms with Crippen LogP contribution < -0.4 is 11.1 Å². The zero-order valence-electron chi connectivity index (χ0n) is 11.8. The molecule has 1 atom stereocenters. The van der Waals surface area contributed by atoms with Crippen LogP contribution in [0.5, 0.6) is 0 Å². The minimum absolute atomic E-state index is 0.0422. The van der Waals surface area contributed by atoms with Crippen LogP contribution in [0.4, 0.5) is 5.82 Å². The SMILES string of the molecule is Cc1cc(NC(=O)CCC(N)c2ccccc2)n(C)n1. The molecule has 106 valence electrons. The van der Waals surface area contributed by atoms with E-state index in [1.807, 2.05) is 43.3 Å². The molecule has 5 nitrogen and oxygen atoms in total. The second-order valence-electron chi connectivity index (χ2n) is 4.90. The fourth-order valence-electron chi connectivity index (χ4n) is 2.09. The molecule has 0 radical (unpaired) electrons. The van der Waals surface area contributed by atoms with Gasteiger partial charge in [0.1, 0.15) is 5.82 Å². The molecule has 0 saturated carbocycles. The third kappa shape index (κ3) is 3.68. The van der Waals surface area contributed by atoms with Gasteiger partial charge < -0.3 is 11.1 Å². The van der Waals surface area contributed by atoms with Crippen molar-refractivity contribution >= 4 is 11.7 Å². The van der Waals surface area contributed by atoms with Crippen LogP contribution >= 0.6 is 0 Å². The first-order chi connectivity index (χ1) is 9.56. The number of hydrogen-bond donors (Lipinski definition) is 2. The van der Waals surface area contributed by atoms with Crippen molar-refractivity contribution in [2.45, 2.75) is 25.8 Å². The van der Waals surface area contributed by atoms with Gasteiger partial charge in [0.2, 0.25) is 5.91 Å². The van der Waals surface area contributed by atoms with E-state index in [4.69, 9.17) is 5.73 Å². The summed E-state index contributed by atoms with van der Waals surface area (Å²) in [6.07, 6.45) is 1.01. The van der Waals surface area contributed by atoms with Gasteiger partial charge in [-0.1, -0.05) is 30.3 Å². The maximum atomic E-state index is 11.9. The number of aromatic nitrogens is 2. The van der Waals surface area contributed by atoms with Gasteiger partial charge in [0.15, 0.2) is 0 Å². The van der Waals surface area contributed by atoms with Gasteiger partial charge in [-0.15, -0.1) is 0 Å². The highest BCUT2D eigenvalue weighted by Crippen LogP contribution is 2.16. The van der Waals surface area contributed by atoms with E-state index in [0.717, 1.165) is 11.3 Å². The maximum absolute atomic E-state index is 11.9. The van der Waals surface area contributed by atoms with Gasteiger partial charge in [-0.05, 0) is 18.9 Å². The first kappa shape index (κ1) is 14.3. The highest BCUT2D eigenvalue weighted by Gasteiger charge is 2.10. The number of benzene rings is 1. The Morgan fingerprint density at radius 2 is 2.10 bits per heavy atom. The number of hydrogen-bond acceptors (Lipinski definition) is 3. The molecule has 2 rings (SSSR count). The summed E-state index contributed by atoms with van der Waals surface area (Å²) in [4.78, 5) is 11.9. The molecule has 0 bridgehead atoms. The summed E-state index contributed by atoms with van der Waals surface area (Å²) in [7, 11) is 1.80. The van der Waals surface area contributed by atoms with Crippen LogP contribution in [0.15, 0.2) is 36.4 Å². The number of nitrogens with zero attached hydrogens (tertiary/aromatic N) is 2. The Morgan fingerprint density at radius 1 is 1.40 bits per heavy atom. The topological polar surface area (TPSA) is 72.9 Å². The second-order valence-corrected chi connectivity index (χ2v) is 4.90. The lowest BCUT2D eigenvalue weighted by Gasteiger charge is -2.11. The lowest BCUT2D eigenvalue weighted by molar-refractivity contribution is -0.116. The number of rotatable bonds is 5. The minimum atomic E-state index is -0.116. The summed E-state index contributed by atoms with van der Waals surface area (Å²) in [6, 6.07) is 11.5. The van der Waals surface area contributed by atoms with Crippen LogP contribution in [-0.2, 0) is 11.8 Å². The molecule has 1 amide bonds. The molecule has 0 aliphatic rings. The summed E-state index contributed by atoms with van der Waals surface area (Å²) >= 11 is 0. The Labute approximate surface area is 118 Å². The highest BCUT2D eigenvalue weighted by atomic mass is 16.1. The molecule has 0 aliphatic carbocycles. The summed E-state index contributed by atoms with van der Waals surface area (Å²) in [5.41, 5.74) is 8.00. The van der Waals surface area contributed by atoms with Crippen molar-refractivity contribution in [2.24, 2.45) is 12.8 Å². The number of carbonyl (C=O) groups excluding carboxylic acids is 1. The monoisotopic (exact) mass is 272 g/mol. The number of carbonyl (C=O) groups is 1. The normalized spacial score (nSPS) is 12.2. The van der Waals surface area contributed by atoms with Crippen molar-refractivity contribution in [3.05, 3.63) is 47.7 Å². The molecule has 1 unspecified atom stereocenters. The number of aryl methyl sites for hydroxylation is 2. The third-order valence-corrected chi connectivity index (χ3v) is 3.18. The quantitative estimate of drug-likeness (QED) is 0.876. The molecule has 0 spiro atoms. The number of anilines is 1. The van der Waals surface area contributed by atoms with Gasteiger partial charge in [0, 0.05) is 25.6 Å². The van der Waals surface area contributed by atoms with Gasteiger partial charge >= 0.3 is 0 Å². The fraction of sp³-hybridized carbons (Fsp3) is 0.333. The van der Waals surface area contributed by atoms with Crippen molar-refractivity contribution in [2.75, 3.05) is 5.32 Å². The summed E-state index contributed by atoms with van der Waals surface area (Å²) < 4.78 is 1.66. The van der Waals surface area contributed by atoms with Crippen LogP contribution in [0.2, 0.25) is 0 Å². The first-order valence-electron chi connectivity index (χ1n) is 6.67. The van der Waals surface area contributed by atoms with Gasteiger partial charge in [0.05, 0.1) is 5.69 Å². The number of nitrogens with one attached hydrogen (secondary N) is 1. The molecular formula is C15H20N4O. The van der Waals surface area contributed by atoms with Crippen molar-refractivity contribution < 1.29 is 4.79 Å². The molecular weight excluding hydrogens is 252 g/mol. The maximum Gasteiger partial charge on any atom is 0.225 e. The van der Waals surface area contributed by atoms with Crippen molar-refractivity contribution in [1.29, 1.82) is 0 Å². The van der Waals surface area contributed by atoms with E-state index in [2.05, 4.69) is 10.4 Å². The molecule has 3 N–H and O–H groups in total. The average molecular weight is 272 g/mol. The lowest BCUT2D eigenvalue weighted by atomic mass is 10.0. The molecule has 1 aromatic carbocycles. The van der Waals surface area contributed by atoms with E-state index in [9.17, 15) is 4.79 Å². The minimum Gasteiger partial charge on any atom is -0.324 e. The van der Waals surface area contributed by atoms with Gasteiger partial charge in [-0.2, -0.15) is 5.10 Å². The summed E-state index contributed by atoms with van der Waals surface area (Å²) in [6.45, 7) is 1.89. The Bertz CT molecular complexity index is 577. The third-order valence-electron chi connectivity index (χ3n) is 3.18. The molecule has 5 heteroatoms. The highest BCUT2D eigenvalue weighted by molar-refractivity contribution is 5.89. The summed E-state index contributed by atoms with van der Waals surface area (Å²) in [5.74, 6) is 0.667. The smallest absolute Gasteiger partial charge is 0.225 e. The second kappa shape index (κ2) is 6.34. The van der Waals surface area contributed by atoms with Crippen LogP contribution in [0.3, 0.4) is 0 Å². The Balaban J connectivity index is 1.85. The molecule has 0 saturated heterocycles. The van der Waals surface area contributed by atoms with Crippen LogP contribution in [0, 0.1) is 6.92 Å². The van der Waals surface area contributed by atoms with E-state index in [-0.39, 0.29) is 11.9 Å². The van der Waals surface area contributed by atoms with E-state index in [1.54, 1.807) is 11.7 Å². The molecule has 20 heavy (non-hydrogen) atoms. The van der Waals surface area contributed by atoms with E-state index in [1.165, 1.54) is 0 Å². The van der Waals surface area contributed by atoms with E-state index < -0.39 is 0 Å². The van der Waals surface area contributed by atoms with Gasteiger partial charge in [-0.25, -0.2) is 0 Å². The Hall–Kier alpha value is -2.14. The van der Waals surface area contributed by atoms with E-state index in [0.29, 0.717) is 18.7 Å². The summed E-state index contributed by atoms with van der Waals surface area (Å²) in [5, 5.41) is 7.03. The molecule has 0 aliphatic heterocycles. The number of nitrogens with two attached hydrogens (primary N) is 1. The lowest BCUT2D eigenvalue weighted by Crippen LogP contribution is -2.17. The molecule has 0 fully saturated rings.